The summed E-state index contributed by atoms with van der Waals surface area (Å²) in [5.41, 5.74) is 0. The van der Waals surface area contributed by atoms with Gasteiger partial charge in [-0.05, 0) is 30.3 Å². The van der Waals surface area contributed by atoms with Gasteiger partial charge in [-0.15, -0.1) is 0 Å². The Kier molecular flexibility index (Phi) is 4.58. The fourth-order valence-electron chi connectivity index (χ4n) is 1.20. The second-order valence-corrected chi connectivity index (χ2v) is 10.7. The van der Waals surface area contributed by atoms with Crippen LogP contribution in [0.15, 0.2) is 36.9 Å². The standard InChI is InChI=1S/C15H22O3Si/c1-7-14(16)17-12-10-8-9-11-13(12)18-19(5,6)15(2,3)4/h7-11H,1H2,2-6H3. The van der Waals surface area contributed by atoms with Crippen LogP contribution in [0.25, 0.3) is 0 Å². The van der Waals surface area contributed by atoms with Gasteiger partial charge >= 0.3 is 5.97 Å². The number of hydrogen-bond acceptors (Lipinski definition) is 3. The van der Waals surface area contributed by atoms with E-state index in [0.717, 1.165) is 6.08 Å². The molecule has 0 saturated carbocycles. The van der Waals surface area contributed by atoms with Crippen LogP contribution in [0, 0.1) is 0 Å². The zero-order valence-electron chi connectivity index (χ0n) is 12.3. The number of ether oxygens (including phenoxy) is 1. The molecule has 0 aliphatic rings. The minimum atomic E-state index is -1.96. The minimum absolute atomic E-state index is 0.0859. The lowest BCUT2D eigenvalue weighted by Gasteiger charge is -2.36. The molecular weight excluding hydrogens is 256 g/mol. The largest absolute Gasteiger partial charge is 0.541 e. The number of carbonyl (C=O) groups excluding carboxylic acids is 1. The Morgan fingerprint density at radius 1 is 1.21 bits per heavy atom. The molecule has 4 heteroatoms. The number of esters is 1. The normalized spacial score (nSPS) is 11.8. The second-order valence-electron chi connectivity index (χ2n) is 5.93. The first-order chi connectivity index (χ1) is 8.67. The average molecular weight is 278 g/mol. The van der Waals surface area contributed by atoms with E-state index in [1.54, 1.807) is 6.07 Å². The Balaban J connectivity index is 3.02. The summed E-state index contributed by atoms with van der Waals surface area (Å²) < 4.78 is 11.4. The Morgan fingerprint density at radius 2 is 1.74 bits per heavy atom. The first kappa shape index (κ1) is 15.5. The maximum Gasteiger partial charge on any atom is 0.335 e. The van der Waals surface area contributed by atoms with Crippen molar-refractivity contribution in [1.29, 1.82) is 0 Å². The fourth-order valence-corrected chi connectivity index (χ4v) is 2.22. The van der Waals surface area contributed by atoms with Gasteiger partial charge in [-0.1, -0.05) is 39.5 Å². The van der Waals surface area contributed by atoms with Gasteiger partial charge in [0, 0.05) is 6.08 Å². The average Bonchev–Trinajstić information content (AvgIpc) is 2.29. The number of rotatable bonds is 4. The van der Waals surface area contributed by atoms with E-state index < -0.39 is 14.3 Å². The van der Waals surface area contributed by atoms with E-state index in [1.807, 2.05) is 18.2 Å². The van der Waals surface area contributed by atoms with Crippen LogP contribution in [-0.4, -0.2) is 14.3 Å². The summed E-state index contributed by atoms with van der Waals surface area (Å²) in [5.74, 6) is 0.577. The first-order valence-electron chi connectivity index (χ1n) is 6.29. The lowest BCUT2D eigenvalue weighted by atomic mass is 10.2. The summed E-state index contributed by atoms with van der Waals surface area (Å²) >= 11 is 0. The molecule has 0 heterocycles. The zero-order chi connectivity index (χ0) is 14.7. The third-order valence-electron chi connectivity index (χ3n) is 3.40. The zero-order valence-corrected chi connectivity index (χ0v) is 13.3. The molecule has 0 unspecified atom stereocenters. The van der Waals surface area contributed by atoms with Crippen LogP contribution in [0.1, 0.15) is 20.8 Å². The summed E-state index contributed by atoms with van der Waals surface area (Å²) in [6, 6.07) is 7.23. The number of carbonyl (C=O) groups is 1. The topological polar surface area (TPSA) is 35.5 Å². The van der Waals surface area contributed by atoms with E-state index >= 15 is 0 Å². The minimum Gasteiger partial charge on any atom is -0.541 e. The Labute approximate surface area is 116 Å². The van der Waals surface area contributed by atoms with Crippen molar-refractivity contribution in [1.82, 2.24) is 0 Å². The third kappa shape index (κ3) is 3.96. The molecule has 1 aromatic rings. The second kappa shape index (κ2) is 5.61. The molecule has 19 heavy (non-hydrogen) atoms. The van der Waals surface area contributed by atoms with Gasteiger partial charge in [0.15, 0.2) is 5.75 Å². The molecule has 0 atom stereocenters. The molecular formula is C15H22O3Si. The van der Waals surface area contributed by atoms with Crippen molar-refractivity contribution in [3.8, 4) is 11.5 Å². The van der Waals surface area contributed by atoms with Gasteiger partial charge in [-0.2, -0.15) is 0 Å². The van der Waals surface area contributed by atoms with Crippen molar-refractivity contribution in [3.05, 3.63) is 36.9 Å². The van der Waals surface area contributed by atoms with Crippen LogP contribution in [0.3, 0.4) is 0 Å². The molecule has 0 N–H and O–H groups in total. The van der Waals surface area contributed by atoms with Crippen molar-refractivity contribution >= 4 is 14.3 Å². The predicted octanol–water partition coefficient (Wildman–Crippen LogP) is 4.16. The molecule has 0 amide bonds. The van der Waals surface area contributed by atoms with Crippen molar-refractivity contribution in [2.24, 2.45) is 0 Å². The fraction of sp³-hybridized carbons (Fsp3) is 0.400. The summed E-state index contributed by atoms with van der Waals surface area (Å²) in [7, 11) is -1.96. The van der Waals surface area contributed by atoms with Crippen LogP contribution in [0.2, 0.25) is 18.1 Å². The first-order valence-corrected chi connectivity index (χ1v) is 9.20. The van der Waals surface area contributed by atoms with Gasteiger partial charge < -0.3 is 9.16 Å². The Bertz CT molecular complexity index is 473. The smallest absolute Gasteiger partial charge is 0.335 e. The Morgan fingerprint density at radius 3 is 2.21 bits per heavy atom. The maximum absolute atomic E-state index is 11.3. The van der Waals surface area contributed by atoms with Gasteiger partial charge in [0.2, 0.25) is 0 Å². The van der Waals surface area contributed by atoms with Gasteiger partial charge in [0.05, 0.1) is 0 Å². The number of hydrogen-bond donors (Lipinski definition) is 0. The highest BCUT2D eigenvalue weighted by Gasteiger charge is 2.39. The highest BCUT2D eigenvalue weighted by atomic mass is 28.4. The van der Waals surface area contributed by atoms with Crippen molar-refractivity contribution in [3.63, 3.8) is 0 Å². The van der Waals surface area contributed by atoms with E-state index in [1.165, 1.54) is 0 Å². The molecule has 1 aromatic carbocycles. The summed E-state index contributed by atoms with van der Waals surface area (Å²) in [4.78, 5) is 11.3. The molecule has 0 fully saturated rings. The van der Waals surface area contributed by atoms with Gasteiger partial charge in [0.1, 0.15) is 5.75 Å². The van der Waals surface area contributed by atoms with Crippen LogP contribution in [0.4, 0.5) is 0 Å². The van der Waals surface area contributed by atoms with Crippen molar-refractivity contribution in [2.75, 3.05) is 0 Å². The summed E-state index contributed by atoms with van der Waals surface area (Å²) in [6.45, 7) is 14.2. The molecule has 0 spiro atoms. The monoisotopic (exact) mass is 278 g/mol. The van der Waals surface area contributed by atoms with Gasteiger partial charge in [0.25, 0.3) is 8.32 Å². The van der Waals surface area contributed by atoms with Gasteiger partial charge in [-0.3, -0.25) is 0 Å². The lowest BCUT2D eigenvalue weighted by Crippen LogP contribution is -2.43. The number of para-hydroxylation sites is 2. The summed E-state index contributed by atoms with van der Waals surface area (Å²) in [6.07, 6.45) is 1.14. The lowest BCUT2D eigenvalue weighted by molar-refractivity contribution is -0.129. The van der Waals surface area contributed by atoms with E-state index in [4.69, 9.17) is 9.16 Å². The predicted molar refractivity (Wildman–Crippen MR) is 80.1 cm³/mol. The van der Waals surface area contributed by atoms with Crippen LogP contribution in [-0.2, 0) is 4.79 Å². The quantitative estimate of drug-likeness (QED) is 0.359. The van der Waals surface area contributed by atoms with Crippen molar-refractivity contribution in [2.45, 2.75) is 38.9 Å². The SMILES string of the molecule is C=CC(=O)Oc1ccccc1O[Si](C)(C)C(C)(C)C. The molecule has 0 aliphatic heterocycles. The van der Waals surface area contributed by atoms with E-state index in [2.05, 4.69) is 40.4 Å². The highest BCUT2D eigenvalue weighted by Crippen LogP contribution is 2.39. The van der Waals surface area contributed by atoms with E-state index in [0.29, 0.717) is 11.5 Å². The number of benzene rings is 1. The maximum atomic E-state index is 11.3. The molecule has 3 nitrogen and oxygen atoms in total. The van der Waals surface area contributed by atoms with Crippen molar-refractivity contribution < 1.29 is 14.0 Å². The third-order valence-corrected chi connectivity index (χ3v) is 7.74. The van der Waals surface area contributed by atoms with Gasteiger partial charge in [-0.25, -0.2) is 4.79 Å². The molecule has 0 bridgehead atoms. The molecule has 1 rings (SSSR count). The molecule has 0 aliphatic carbocycles. The van der Waals surface area contributed by atoms with Crippen LogP contribution < -0.4 is 9.16 Å². The van der Waals surface area contributed by atoms with E-state index in [-0.39, 0.29) is 5.04 Å². The summed E-state index contributed by atoms with van der Waals surface area (Å²) in [5, 5.41) is 0.0859. The molecule has 104 valence electrons. The van der Waals surface area contributed by atoms with E-state index in [9.17, 15) is 4.79 Å². The van der Waals surface area contributed by atoms with Crippen LogP contribution >= 0.6 is 0 Å². The molecule has 0 aromatic heterocycles. The molecule has 0 radical (unpaired) electrons. The highest BCUT2D eigenvalue weighted by molar-refractivity contribution is 6.74. The molecule has 0 saturated heterocycles. The van der Waals surface area contributed by atoms with Crippen LogP contribution in [0.5, 0.6) is 11.5 Å². The Hall–Kier alpha value is -1.55.